The number of hydrogen-bond donors (Lipinski definition) is 1. The summed E-state index contributed by atoms with van der Waals surface area (Å²) >= 11 is 0. The molecule has 0 aromatic carbocycles. The first kappa shape index (κ1) is 15.8. The predicted octanol–water partition coefficient (Wildman–Crippen LogP) is 0.935. The number of amides is 1. The summed E-state index contributed by atoms with van der Waals surface area (Å²) in [4.78, 5) is 27.5. The Labute approximate surface area is 125 Å². The third-order valence-corrected chi connectivity index (χ3v) is 4.56. The van der Waals surface area contributed by atoms with Gasteiger partial charge in [-0.2, -0.15) is 5.26 Å². The van der Waals surface area contributed by atoms with Gasteiger partial charge in [0.25, 0.3) is 0 Å². The minimum Gasteiger partial charge on any atom is -0.481 e. The Bertz CT molecular complexity index is 424. The number of hydrogen-bond acceptors (Lipinski definition) is 4. The maximum atomic E-state index is 12.5. The van der Waals surface area contributed by atoms with Crippen molar-refractivity contribution in [3.63, 3.8) is 0 Å². The average Bonchev–Trinajstić information content (AvgIpc) is 2.53. The molecule has 0 saturated carbocycles. The van der Waals surface area contributed by atoms with Crippen molar-refractivity contribution in [1.29, 1.82) is 5.26 Å². The van der Waals surface area contributed by atoms with Gasteiger partial charge in [0, 0.05) is 32.0 Å². The van der Waals surface area contributed by atoms with Crippen LogP contribution in [0.25, 0.3) is 0 Å². The van der Waals surface area contributed by atoms with Gasteiger partial charge in [-0.25, -0.2) is 0 Å². The Hall–Kier alpha value is -1.61. The van der Waals surface area contributed by atoms with E-state index in [0.29, 0.717) is 25.9 Å². The molecule has 1 N–H and O–H groups in total. The van der Waals surface area contributed by atoms with E-state index in [1.54, 1.807) is 4.90 Å². The number of piperidine rings is 2. The molecule has 6 heteroatoms. The maximum Gasteiger partial charge on any atom is 0.308 e. The van der Waals surface area contributed by atoms with E-state index >= 15 is 0 Å². The first-order valence-corrected chi connectivity index (χ1v) is 7.72. The second-order valence-electron chi connectivity index (χ2n) is 5.99. The van der Waals surface area contributed by atoms with Crippen LogP contribution in [0, 0.1) is 23.2 Å². The van der Waals surface area contributed by atoms with E-state index in [-0.39, 0.29) is 11.8 Å². The molecule has 2 rings (SSSR count). The van der Waals surface area contributed by atoms with E-state index in [0.717, 1.165) is 38.9 Å². The van der Waals surface area contributed by atoms with Gasteiger partial charge in [-0.15, -0.1) is 0 Å². The Morgan fingerprint density at radius 2 is 1.86 bits per heavy atom. The van der Waals surface area contributed by atoms with Crippen molar-refractivity contribution in [2.45, 2.75) is 32.1 Å². The molecule has 6 nitrogen and oxygen atoms in total. The summed E-state index contributed by atoms with van der Waals surface area (Å²) in [6.45, 7) is 3.55. The predicted molar refractivity (Wildman–Crippen MR) is 76.3 cm³/mol. The highest BCUT2D eigenvalue weighted by atomic mass is 16.4. The SMILES string of the molecule is N#CCCN1CCC(C(=O)N2CCCC(C(=O)O)C2)CC1. The van der Waals surface area contributed by atoms with Gasteiger partial charge < -0.3 is 14.9 Å². The number of carbonyl (C=O) groups excluding carboxylic acids is 1. The lowest BCUT2D eigenvalue weighted by atomic mass is 9.92. The van der Waals surface area contributed by atoms with Crippen molar-refractivity contribution < 1.29 is 14.7 Å². The molecule has 0 aromatic rings. The van der Waals surface area contributed by atoms with Crippen molar-refractivity contribution in [1.82, 2.24) is 9.80 Å². The fraction of sp³-hybridized carbons (Fsp3) is 0.800. The van der Waals surface area contributed by atoms with Crippen LogP contribution in [0.3, 0.4) is 0 Å². The van der Waals surface area contributed by atoms with Gasteiger partial charge in [-0.1, -0.05) is 0 Å². The summed E-state index contributed by atoms with van der Waals surface area (Å²) in [6, 6.07) is 2.14. The first-order valence-electron chi connectivity index (χ1n) is 7.72. The van der Waals surface area contributed by atoms with Crippen LogP contribution in [-0.2, 0) is 9.59 Å². The maximum absolute atomic E-state index is 12.5. The molecule has 21 heavy (non-hydrogen) atoms. The van der Waals surface area contributed by atoms with Crippen LogP contribution in [0.1, 0.15) is 32.1 Å². The summed E-state index contributed by atoms with van der Waals surface area (Å²) in [7, 11) is 0. The van der Waals surface area contributed by atoms with E-state index in [2.05, 4.69) is 11.0 Å². The van der Waals surface area contributed by atoms with Gasteiger partial charge in [-0.3, -0.25) is 9.59 Å². The average molecular weight is 293 g/mol. The van der Waals surface area contributed by atoms with E-state index in [1.807, 2.05) is 0 Å². The van der Waals surface area contributed by atoms with Gasteiger partial charge in [0.2, 0.25) is 5.91 Å². The fourth-order valence-corrected chi connectivity index (χ4v) is 3.25. The zero-order valence-electron chi connectivity index (χ0n) is 12.3. The van der Waals surface area contributed by atoms with Crippen LogP contribution >= 0.6 is 0 Å². The van der Waals surface area contributed by atoms with E-state index in [1.165, 1.54) is 0 Å². The lowest BCUT2D eigenvalue weighted by Gasteiger charge is -2.36. The Kier molecular flexibility index (Phi) is 5.57. The van der Waals surface area contributed by atoms with Crippen LogP contribution in [0.2, 0.25) is 0 Å². The van der Waals surface area contributed by atoms with Crippen LogP contribution in [0.4, 0.5) is 0 Å². The molecule has 1 unspecified atom stereocenters. The summed E-state index contributed by atoms with van der Waals surface area (Å²) in [5.74, 6) is -1.05. The number of likely N-dealkylation sites (tertiary alicyclic amines) is 2. The van der Waals surface area contributed by atoms with Crippen molar-refractivity contribution in [3.05, 3.63) is 0 Å². The van der Waals surface area contributed by atoms with Gasteiger partial charge in [0.05, 0.1) is 12.0 Å². The molecule has 2 aliphatic rings. The van der Waals surface area contributed by atoms with Gasteiger partial charge >= 0.3 is 5.97 Å². The minimum absolute atomic E-state index is 0.0240. The molecule has 116 valence electrons. The molecule has 0 radical (unpaired) electrons. The molecule has 1 amide bonds. The van der Waals surface area contributed by atoms with Crippen molar-refractivity contribution in [2.24, 2.45) is 11.8 Å². The molecular weight excluding hydrogens is 270 g/mol. The third kappa shape index (κ3) is 4.18. The van der Waals surface area contributed by atoms with Gasteiger partial charge in [0.1, 0.15) is 0 Å². The molecule has 0 aliphatic carbocycles. The number of nitrogens with zero attached hydrogens (tertiary/aromatic N) is 3. The number of aliphatic carboxylic acids is 1. The second kappa shape index (κ2) is 7.41. The van der Waals surface area contributed by atoms with E-state index < -0.39 is 11.9 Å². The summed E-state index contributed by atoms with van der Waals surface area (Å²) in [5.41, 5.74) is 0. The number of nitriles is 1. The largest absolute Gasteiger partial charge is 0.481 e. The molecule has 2 heterocycles. The highest BCUT2D eigenvalue weighted by Crippen LogP contribution is 2.24. The van der Waals surface area contributed by atoms with Gasteiger partial charge in [-0.05, 0) is 38.8 Å². The number of carbonyl (C=O) groups is 2. The Morgan fingerprint density at radius 1 is 1.14 bits per heavy atom. The molecule has 2 saturated heterocycles. The Balaban J connectivity index is 1.81. The van der Waals surface area contributed by atoms with Crippen molar-refractivity contribution in [2.75, 3.05) is 32.7 Å². The molecule has 2 fully saturated rings. The quantitative estimate of drug-likeness (QED) is 0.833. The molecule has 0 spiro atoms. The molecule has 1 atom stereocenters. The second-order valence-corrected chi connectivity index (χ2v) is 5.99. The molecule has 2 aliphatic heterocycles. The zero-order chi connectivity index (χ0) is 15.2. The molecular formula is C15H23N3O3. The third-order valence-electron chi connectivity index (χ3n) is 4.56. The van der Waals surface area contributed by atoms with Crippen LogP contribution < -0.4 is 0 Å². The lowest BCUT2D eigenvalue weighted by molar-refractivity contribution is -0.147. The first-order chi connectivity index (χ1) is 10.1. The van der Waals surface area contributed by atoms with E-state index in [4.69, 9.17) is 10.4 Å². The number of carboxylic acids is 1. The van der Waals surface area contributed by atoms with Crippen LogP contribution in [-0.4, -0.2) is 59.5 Å². The van der Waals surface area contributed by atoms with E-state index in [9.17, 15) is 9.59 Å². The summed E-state index contributed by atoms with van der Waals surface area (Å²) in [6.07, 6.45) is 3.62. The van der Waals surface area contributed by atoms with Crippen molar-refractivity contribution >= 4 is 11.9 Å². The Morgan fingerprint density at radius 3 is 2.48 bits per heavy atom. The normalized spacial score (nSPS) is 24.5. The minimum atomic E-state index is -0.793. The fourth-order valence-electron chi connectivity index (χ4n) is 3.25. The van der Waals surface area contributed by atoms with Crippen LogP contribution in [0.15, 0.2) is 0 Å². The number of carboxylic acid groups (broad SMARTS) is 1. The zero-order valence-corrected chi connectivity index (χ0v) is 12.3. The monoisotopic (exact) mass is 293 g/mol. The smallest absolute Gasteiger partial charge is 0.308 e. The lowest BCUT2D eigenvalue weighted by Crippen LogP contribution is -2.47. The molecule has 0 bridgehead atoms. The van der Waals surface area contributed by atoms with Gasteiger partial charge in [0.15, 0.2) is 0 Å². The highest BCUT2D eigenvalue weighted by molar-refractivity contribution is 5.80. The topological polar surface area (TPSA) is 84.6 Å². The van der Waals surface area contributed by atoms with Crippen molar-refractivity contribution in [3.8, 4) is 6.07 Å². The standard InChI is InChI=1S/C15H23N3O3/c16-6-2-7-17-9-4-12(5-10-17)14(19)18-8-1-3-13(11-18)15(20)21/h12-13H,1-5,7-11H2,(H,20,21). The number of rotatable bonds is 4. The van der Waals surface area contributed by atoms with Crippen LogP contribution in [0.5, 0.6) is 0 Å². The summed E-state index contributed by atoms with van der Waals surface area (Å²) in [5, 5.41) is 17.7. The highest BCUT2D eigenvalue weighted by Gasteiger charge is 2.33. The summed E-state index contributed by atoms with van der Waals surface area (Å²) < 4.78 is 0. The molecule has 0 aromatic heterocycles.